The fourth-order valence-corrected chi connectivity index (χ4v) is 1.79. The van der Waals surface area contributed by atoms with Gasteiger partial charge in [0.05, 0.1) is 5.69 Å². The van der Waals surface area contributed by atoms with Crippen LogP contribution in [0.3, 0.4) is 0 Å². The number of nitrogens with zero attached hydrogens (tertiary/aromatic N) is 1. The lowest BCUT2D eigenvalue weighted by Gasteiger charge is -2.30. The van der Waals surface area contributed by atoms with Crippen molar-refractivity contribution in [3.63, 3.8) is 0 Å². The Morgan fingerprint density at radius 2 is 2.14 bits per heavy atom. The van der Waals surface area contributed by atoms with Crippen LogP contribution in [0.25, 0.3) is 0 Å². The topological polar surface area (TPSA) is 38.9 Å². The second-order valence-electron chi connectivity index (χ2n) is 3.92. The summed E-state index contributed by atoms with van der Waals surface area (Å²) in [6, 6.07) is 6.25. The molecule has 1 atom stereocenters. The molecule has 1 aliphatic rings. The third kappa shape index (κ3) is 2.25. The maximum Gasteiger partial charge on any atom is 0.0577 e. The van der Waals surface area contributed by atoms with Gasteiger partial charge in [-0.2, -0.15) is 0 Å². The fourth-order valence-electron chi connectivity index (χ4n) is 1.79. The van der Waals surface area contributed by atoms with Crippen molar-refractivity contribution in [1.82, 2.24) is 4.98 Å². The van der Waals surface area contributed by atoms with Crippen LogP contribution < -0.4 is 5.73 Å². The number of rotatable bonds is 2. The molecule has 1 fully saturated rings. The van der Waals surface area contributed by atoms with Gasteiger partial charge >= 0.3 is 0 Å². The minimum atomic E-state index is 0. The van der Waals surface area contributed by atoms with Gasteiger partial charge in [-0.05, 0) is 37.8 Å². The molecule has 14 heavy (non-hydrogen) atoms. The molecule has 2 N–H and O–H groups in total. The number of nitrogens with two attached hydrogens (primary N) is 1. The molecule has 0 radical (unpaired) electrons. The summed E-state index contributed by atoms with van der Waals surface area (Å²) in [5.41, 5.74) is 8.23. The molecule has 78 valence electrons. The lowest BCUT2D eigenvalue weighted by molar-refractivity contribution is 0.261. The molecule has 0 spiro atoms. The quantitative estimate of drug-likeness (QED) is 0.819. The van der Waals surface area contributed by atoms with E-state index in [9.17, 15) is 0 Å². The average molecular weight is 213 g/mol. The Morgan fingerprint density at radius 3 is 2.64 bits per heavy atom. The number of halogens is 1. The van der Waals surface area contributed by atoms with E-state index in [2.05, 4.69) is 4.98 Å². The zero-order chi connectivity index (χ0) is 9.26. The largest absolute Gasteiger partial charge is 0.322 e. The molecule has 2 nitrogen and oxygen atoms in total. The summed E-state index contributed by atoms with van der Waals surface area (Å²) in [5.74, 6) is 0.675. The predicted molar refractivity (Wildman–Crippen MR) is 60.5 cm³/mol. The second kappa shape index (κ2) is 4.76. The minimum Gasteiger partial charge on any atom is -0.322 e. The standard InChI is InChI=1S/C11H16N2.ClH/c1-8-4-2-7-10(13-8)11(12)9-5-3-6-9;/h2,4,7,9,11H,3,5-6,12H2,1H3;1H/t11-;/m1./s1. The Bertz CT molecular complexity index is 297. The van der Waals surface area contributed by atoms with Crippen molar-refractivity contribution in [3.8, 4) is 0 Å². The van der Waals surface area contributed by atoms with E-state index < -0.39 is 0 Å². The highest BCUT2D eigenvalue weighted by atomic mass is 35.5. The van der Waals surface area contributed by atoms with Gasteiger partial charge in [0.1, 0.15) is 0 Å². The number of pyridine rings is 1. The second-order valence-corrected chi connectivity index (χ2v) is 3.92. The van der Waals surface area contributed by atoms with E-state index in [0.29, 0.717) is 5.92 Å². The van der Waals surface area contributed by atoms with Crippen LogP contribution in [0.1, 0.15) is 36.7 Å². The highest BCUT2D eigenvalue weighted by Crippen LogP contribution is 2.35. The normalized spacial score (nSPS) is 18.1. The van der Waals surface area contributed by atoms with E-state index in [1.165, 1.54) is 19.3 Å². The van der Waals surface area contributed by atoms with Crippen LogP contribution in [0.5, 0.6) is 0 Å². The van der Waals surface area contributed by atoms with Crippen LogP contribution in [-0.4, -0.2) is 4.98 Å². The molecule has 0 aliphatic heterocycles. The van der Waals surface area contributed by atoms with E-state index in [4.69, 9.17) is 5.73 Å². The Morgan fingerprint density at radius 1 is 1.43 bits per heavy atom. The highest BCUT2D eigenvalue weighted by molar-refractivity contribution is 5.85. The third-order valence-corrected chi connectivity index (χ3v) is 2.91. The van der Waals surface area contributed by atoms with Crippen molar-refractivity contribution in [2.45, 2.75) is 32.2 Å². The van der Waals surface area contributed by atoms with E-state index in [0.717, 1.165) is 11.4 Å². The van der Waals surface area contributed by atoms with Gasteiger partial charge in [0.15, 0.2) is 0 Å². The van der Waals surface area contributed by atoms with Crippen molar-refractivity contribution < 1.29 is 0 Å². The lowest BCUT2D eigenvalue weighted by Crippen LogP contribution is -2.27. The van der Waals surface area contributed by atoms with Crippen molar-refractivity contribution in [1.29, 1.82) is 0 Å². The van der Waals surface area contributed by atoms with E-state index in [1.54, 1.807) is 0 Å². The third-order valence-electron chi connectivity index (χ3n) is 2.91. The summed E-state index contributed by atoms with van der Waals surface area (Å²) in [7, 11) is 0. The van der Waals surface area contributed by atoms with E-state index in [-0.39, 0.29) is 18.4 Å². The van der Waals surface area contributed by atoms with Gasteiger partial charge in [0.25, 0.3) is 0 Å². The van der Waals surface area contributed by atoms with Gasteiger partial charge in [-0.15, -0.1) is 12.4 Å². The molecule has 1 heterocycles. The van der Waals surface area contributed by atoms with Gasteiger partial charge in [0.2, 0.25) is 0 Å². The Hall–Kier alpha value is -0.600. The SMILES string of the molecule is Cc1cccc([C@H](N)C2CCC2)n1.Cl. The van der Waals surface area contributed by atoms with Crippen molar-refractivity contribution in [3.05, 3.63) is 29.6 Å². The highest BCUT2D eigenvalue weighted by Gasteiger charge is 2.26. The minimum absolute atomic E-state index is 0. The monoisotopic (exact) mass is 212 g/mol. The molecule has 1 aromatic rings. The predicted octanol–water partition coefficient (Wildman–Crippen LogP) is 2.61. The summed E-state index contributed by atoms with van der Waals surface area (Å²) in [4.78, 5) is 4.45. The van der Waals surface area contributed by atoms with Crippen LogP contribution in [-0.2, 0) is 0 Å². The van der Waals surface area contributed by atoms with Gasteiger partial charge in [0, 0.05) is 11.7 Å². The van der Waals surface area contributed by atoms with Crippen molar-refractivity contribution in [2.75, 3.05) is 0 Å². The molecule has 0 saturated heterocycles. The zero-order valence-electron chi connectivity index (χ0n) is 8.44. The number of aryl methyl sites for hydroxylation is 1. The molecule has 0 unspecified atom stereocenters. The van der Waals surface area contributed by atoms with Crippen LogP contribution in [0, 0.1) is 12.8 Å². The maximum atomic E-state index is 6.11. The van der Waals surface area contributed by atoms with Gasteiger partial charge in [-0.3, -0.25) is 4.98 Å². The molecule has 1 aliphatic carbocycles. The number of hydrogen-bond acceptors (Lipinski definition) is 2. The summed E-state index contributed by atoms with van der Waals surface area (Å²) >= 11 is 0. The smallest absolute Gasteiger partial charge is 0.0577 e. The van der Waals surface area contributed by atoms with Gasteiger partial charge in [-0.25, -0.2) is 0 Å². The summed E-state index contributed by atoms with van der Waals surface area (Å²) in [6.07, 6.45) is 3.89. The first-order valence-corrected chi connectivity index (χ1v) is 4.96. The Balaban J connectivity index is 0.000000980. The molecule has 3 heteroatoms. The number of hydrogen-bond donors (Lipinski definition) is 1. The molecular weight excluding hydrogens is 196 g/mol. The lowest BCUT2D eigenvalue weighted by atomic mass is 9.79. The van der Waals surface area contributed by atoms with Crippen LogP contribution in [0.2, 0.25) is 0 Å². The van der Waals surface area contributed by atoms with Crippen molar-refractivity contribution in [2.24, 2.45) is 11.7 Å². The van der Waals surface area contributed by atoms with Crippen molar-refractivity contribution >= 4 is 12.4 Å². The first kappa shape index (κ1) is 11.5. The Labute approximate surface area is 91.3 Å². The number of aromatic nitrogens is 1. The molecule has 2 rings (SSSR count). The fraction of sp³-hybridized carbons (Fsp3) is 0.545. The van der Waals surface area contributed by atoms with E-state index in [1.807, 2.05) is 25.1 Å². The molecule has 0 bridgehead atoms. The molecule has 0 aromatic carbocycles. The van der Waals surface area contributed by atoms with Gasteiger partial charge < -0.3 is 5.73 Å². The van der Waals surface area contributed by atoms with Crippen LogP contribution in [0.4, 0.5) is 0 Å². The first-order valence-electron chi connectivity index (χ1n) is 4.96. The molecule has 1 aromatic heterocycles. The molecular formula is C11H17ClN2. The maximum absolute atomic E-state index is 6.11. The molecule has 0 amide bonds. The summed E-state index contributed by atoms with van der Waals surface area (Å²) < 4.78 is 0. The van der Waals surface area contributed by atoms with Gasteiger partial charge in [-0.1, -0.05) is 12.5 Å². The molecule has 1 saturated carbocycles. The Kier molecular flexibility index (Phi) is 3.90. The summed E-state index contributed by atoms with van der Waals surface area (Å²) in [5, 5.41) is 0. The summed E-state index contributed by atoms with van der Waals surface area (Å²) in [6.45, 7) is 2.01. The first-order chi connectivity index (χ1) is 6.27. The zero-order valence-corrected chi connectivity index (χ0v) is 9.26. The van der Waals surface area contributed by atoms with Crippen LogP contribution in [0.15, 0.2) is 18.2 Å². The average Bonchev–Trinajstić information content (AvgIpc) is 2.01. The van der Waals surface area contributed by atoms with E-state index >= 15 is 0 Å². The van der Waals surface area contributed by atoms with Crippen LogP contribution >= 0.6 is 12.4 Å².